The Morgan fingerprint density at radius 2 is 1.10 bits per heavy atom. The maximum absolute atomic E-state index is 7.02. The molecule has 3 nitrogen and oxygen atoms in total. The largest absolute Gasteiger partial charge is 0.468 e. The van der Waals surface area contributed by atoms with Crippen molar-refractivity contribution in [3.63, 3.8) is 0 Å². The van der Waals surface area contributed by atoms with Gasteiger partial charge in [0.1, 0.15) is 13.7 Å². The fourth-order valence-corrected chi connectivity index (χ4v) is 12.1. The lowest BCUT2D eigenvalue weighted by Crippen LogP contribution is -2.67. The molecule has 7 aromatic carbocycles. The molecule has 0 unspecified atom stereocenters. The number of rotatable bonds is 3. The molecule has 3 aliphatic rings. The van der Waals surface area contributed by atoms with E-state index in [1.807, 2.05) is 0 Å². The van der Waals surface area contributed by atoms with Crippen molar-refractivity contribution in [1.82, 2.24) is 0 Å². The maximum Gasteiger partial charge on any atom is 0.297 e. The van der Waals surface area contributed by atoms with Crippen molar-refractivity contribution in [3.8, 4) is 22.3 Å². The summed E-state index contributed by atoms with van der Waals surface area (Å²) < 4.78 is 7.02. The van der Waals surface area contributed by atoms with Crippen molar-refractivity contribution >= 4 is 86.8 Å². The van der Waals surface area contributed by atoms with Crippen LogP contribution in [-0.4, -0.2) is 14.8 Å². The number of fused-ring (bicyclic) bond motifs is 8. The summed E-state index contributed by atoms with van der Waals surface area (Å²) in [6.07, 6.45) is 0. The molecule has 8 aromatic rings. The molecule has 0 spiro atoms. The van der Waals surface area contributed by atoms with Gasteiger partial charge in [0.25, 0.3) is 6.71 Å². The van der Waals surface area contributed by atoms with Gasteiger partial charge in [-0.2, -0.15) is 0 Å². The second kappa shape index (κ2) is 10.5. The van der Waals surface area contributed by atoms with E-state index in [0.29, 0.717) is 0 Å². The Kier molecular flexibility index (Phi) is 5.92. The van der Waals surface area contributed by atoms with Gasteiger partial charge in [0.15, 0.2) is 0 Å². The van der Waals surface area contributed by atoms with E-state index in [1.165, 1.54) is 66.3 Å². The Hall–Kier alpha value is -6.04. The Bertz CT molecular complexity index is 2680. The molecule has 240 valence electrons. The van der Waals surface area contributed by atoms with E-state index >= 15 is 0 Å². The van der Waals surface area contributed by atoms with E-state index < -0.39 is 8.07 Å². The SMILES string of the molecule is C[Si]1(C)c2ccccc2N2c3cc(-c4ccc(-c5ccccc5)cc4)cc4c3B(c3cccc1c32)c1oc2ccccc2c1N4c1ccccc1. The van der Waals surface area contributed by atoms with Crippen LogP contribution >= 0.6 is 0 Å². The molecule has 0 aliphatic carbocycles. The number of hydrogen-bond acceptors (Lipinski definition) is 3. The van der Waals surface area contributed by atoms with Crippen LogP contribution in [0.4, 0.5) is 34.1 Å². The highest BCUT2D eigenvalue weighted by atomic mass is 28.3. The third-order valence-corrected chi connectivity index (χ3v) is 14.9. The molecular formula is C46H33BN2OSi. The highest BCUT2D eigenvalue weighted by molar-refractivity contribution is 7.05. The van der Waals surface area contributed by atoms with Gasteiger partial charge in [0, 0.05) is 33.8 Å². The molecule has 3 aliphatic heterocycles. The zero-order chi connectivity index (χ0) is 33.8. The fraction of sp³-hybridized carbons (Fsp3) is 0.0435. The second-order valence-electron chi connectivity index (χ2n) is 14.5. The molecule has 0 radical (unpaired) electrons. The summed E-state index contributed by atoms with van der Waals surface area (Å²) in [5.41, 5.74) is 16.7. The summed E-state index contributed by atoms with van der Waals surface area (Å²) in [6.45, 7) is 4.97. The summed E-state index contributed by atoms with van der Waals surface area (Å²) in [5, 5.41) is 4.08. The van der Waals surface area contributed by atoms with E-state index in [2.05, 4.69) is 187 Å². The van der Waals surface area contributed by atoms with Crippen LogP contribution in [0.2, 0.25) is 13.1 Å². The molecule has 0 saturated heterocycles. The van der Waals surface area contributed by atoms with Crippen LogP contribution in [0, 0.1) is 0 Å². The molecule has 51 heavy (non-hydrogen) atoms. The Morgan fingerprint density at radius 1 is 0.490 bits per heavy atom. The van der Waals surface area contributed by atoms with E-state index in [4.69, 9.17) is 4.42 Å². The van der Waals surface area contributed by atoms with Gasteiger partial charge in [-0.05, 0) is 86.0 Å². The lowest BCUT2D eigenvalue weighted by Gasteiger charge is -2.48. The summed E-state index contributed by atoms with van der Waals surface area (Å²) in [7, 11) is -2.03. The minimum atomic E-state index is -2.03. The Labute approximate surface area is 299 Å². The van der Waals surface area contributed by atoms with Crippen molar-refractivity contribution in [2.75, 3.05) is 9.80 Å². The lowest BCUT2D eigenvalue weighted by molar-refractivity contribution is 0.651. The van der Waals surface area contributed by atoms with Crippen LogP contribution < -0.4 is 36.8 Å². The highest BCUT2D eigenvalue weighted by Crippen LogP contribution is 2.48. The summed E-state index contributed by atoms with van der Waals surface area (Å²) in [5.74, 6) is 0. The van der Waals surface area contributed by atoms with Crippen molar-refractivity contribution in [3.05, 3.63) is 164 Å². The average Bonchev–Trinajstić information content (AvgIpc) is 3.57. The molecule has 1 aromatic heterocycles. The molecule has 5 heteroatoms. The standard InChI is InChI=1S/C46H33BN2OSi/c1-51(2)41-22-12-10-20-37(41)49-39-29-33(32-26-24-31(25-27-32)30-14-5-3-6-15-30)28-38-43(39)47(36-19-13-23-42(51)45(36)49)46-44(35-18-9-11-21-40(35)50-46)48(38)34-16-7-4-8-17-34/h3-29H,1-2H3. The first kappa shape index (κ1) is 28.8. The third-order valence-electron chi connectivity index (χ3n) is 11.4. The smallest absolute Gasteiger partial charge is 0.297 e. The van der Waals surface area contributed by atoms with Gasteiger partial charge in [-0.15, -0.1) is 0 Å². The van der Waals surface area contributed by atoms with Gasteiger partial charge in [-0.25, -0.2) is 0 Å². The molecule has 0 fully saturated rings. The predicted molar refractivity (Wildman–Crippen MR) is 218 cm³/mol. The maximum atomic E-state index is 7.02. The Morgan fingerprint density at radius 3 is 1.88 bits per heavy atom. The van der Waals surface area contributed by atoms with Gasteiger partial charge in [-0.1, -0.05) is 134 Å². The number of furan rings is 1. The first-order valence-electron chi connectivity index (χ1n) is 17.8. The van der Waals surface area contributed by atoms with E-state index in [-0.39, 0.29) is 6.71 Å². The van der Waals surface area contributed by atoms with Crippen molar-refractivity contribution in [2.24, 2.45) is 0 Å². The fourth-order valence-electron chi connectivity index (χ4n) is 9.07. The number of anilines is 6. The quantitative estimate of drug-likeness (QED) is 0.175. The zero-order valence-electron chi connectivity index (χ0n) is 28.5. The topological polar surface area (TPSA) is 19.6 Å². The van der Waals surface area contributed by atoms with Gasteiger partial charge in [-0.3, -0.25) is 0 Å². The molecular weight excluding hydrogens is 635 g/mol. The molecule has 0 atom stereocenters. The highest BCUT2D eigenvalue weighted by Gasteiger charge is 2.50. The van der Waals surface area contributed by atoms with Crippen LogP contribution in [0.15, 0.2) is 168 Å². The normalized spacial score (nSPS) is 14.5. The second-order valence-corrected chi connectivity index (χ2v) is 18.8. The molecule has 0 saturated carbocycles. The molecule has 4 heterocycles. The van der Waals surface area contributed by atoms with Gasteiger partial charge in [0.05, 0.1) is 11.3 Å². The van der Waals surface area contributed by atoms with E-state index in [9.17, 15) is 0 Å². The Balaban J connectivity index is 1.25. The molecule has 0 N–H and O–H groups in total. The summed E-state index contributed by atoms with van der Waals surface area (Å²) in [6, 6.07) is 60.1. The number of nitrogens with zero attached hydrogens (tertiary/aromatic N) is 2. The number of hydrogen-bond donors (Lipinski definition) is 0. The number of para-hydroxylation sites is 4. The van der Waals surface area contributed by atoms with Crippen molar-refractivity contribution in [1.29, 1.82) is 0 Å². The van der Waals surface area contributed by atoms with Gasteiger partial charge in [0.2, 0.25) is 0 Å². The minimum Gasteiger partial charge on any atom is -0.468 e. The minimum absolute atomic E-state index is 0.0480. The monoisotopic (exact) mass is 668 g/mol. The van der Waals surface area contributed by atoms with E-state index in [0.717, 1.165) is 28.0 Å². The van der Waals surface area contributed by atoms with Crippen molar-refractivity contribution < 1.29 is 4.42 Å². The first-order chi connectivity index (χ1) is 25.1. The summed E-state index contributed by atoms with van der Waals surface area (Å²) in [4.78, 5) is 5.05. The van der Waals surface area contributed by atoms with Crippen LogP contribution in [0.3, 0.4) is 0 Å². The lowest BCUT2D eigenvalue weighted by atomic mass is 9.35. The first-order valence-corrected chi connectivity index (χ1v) is 20.8. The van der Waals surface area contributed by atoms with Crippen LogP contribution in [0.1, 0.15) is 0 Å². The van der Waals surface area contributed by atoms with Crippen LogP contribution in [0.5, 0.6) is 0 Å². The predicted octanol–water partition coefficient (Wildman–Crippen LogP) is 8.99. The zero-order valence-corrected chi connectivity index (χ0v) is 29.5. The van der Waals surface area contributed by atoms with Gasteiger partial charge >= 0.3 is 0 Å². The van der Waals surface area contributed by atoms with Crippen molar-refractivity contribution in [2.45, 2.75) is 13.1 Å². The average molecular weight is 669 g/mol. The van der Waals surface area contributed by atoms with Crippen LogP contribution in [0.25, 0.3) is 33.2 Å². The molecule has 0 amide bonds. The third kappa shape index (κ3) is 3.95. The summed E-state index contributed by atoms with van der Waals surface area (Å²) >= 11 is 0. The van der Waals surface area contributed by atoms with Crippen LogP contribution in [-0.2, 0) is 0 Å². The molecule has 0 bridgehead atoms. The number of benzene rings is 7. The van der Waals surface area contributed by atoms with Gasteiger partial charge < -0.3 is 14.2 Å². The molecule has 11 rings (SSSR count). The van der Waals surface area contributed by atoms with E-state index in [1.54, 1.807) is 0 Å².